The summed E-state index contributed by atoms with van der Waals surface area (Å²) in [5.74, 6) is -0.512. The summed E-state index contributed by atoms with van der Waals surface area (Å²) < 4.78 is 21.8. The maximum atomic E-state index is 12.0. The number of fused-ring (bicyclic) bond motifs is 1. The summed E-state index contributed by atoms with van der Waals surface area (Å²) in [6.45, 7) is 0. The standard InChI is InChI=1S/C22H18N2O3S/c23-22(25)19-11-17(15-4-2-1-3-5-15)10-18-20(12-24-21(18)19)16-8-6-14(7-9-16)13-28(26)27/h1-12,24H,13H2,(H2,23,25)(H,26,27)/p-1. The molecule has 6 heteroatoms. The predicted octanol–water partition coefficient (Wildman–Crippen LogP) is 3.98. The minimum absolute atomic E-state index is 0.0157. The third kappa shape index (κ3) is 3.47. The van der Waals surface area contributed by atoms with Gasteiger partial charge in [-0.05, 0) is 34.4 Å². The number of rotatable bonds is 5. The Morgan fingerprint density at radius 1 is 0.964 bits per heavy atom. The third-order valence-electron chi connectivity index (χ3n) is 4.71. The van der Waals surface area contributed by atoms with E-state index < -0.39 is 17.0 Å². The van der Waals surface area contributed by atoms with Gasteiger partial charge in [-0.2, -0.15) is 0 Å². The van der Waals surface area contributed by atoms with E-state index in [-0.39, 0.29) is 5.75 Å². The number of benzene rings is 3. The summed E-state index contributed by atoms with van der Waals surface area (Å²) in [7, 11) is 0. The first kappa shape index (κ1) is 18.2. The Balaban J connectivity index is 1.87. The van der Waals surface area contributed by atoms with Gasteiger partial charge in [0.15, 0.2) is 0 Å². The van der Waals surface area contributed by atoms with E-state index in [1.165, 1.54) is 0 Å². The maximum absolute atomic E-state index is 12.0. The van der Waals surface area contributed by atoms with Gasteiger partial charge in [0.1, 0.15) is 0 Å². The Morgan fingerprint density at radius 2 is 1.68 bits per heavy atom. The van der Waals surface area contributed by atoms with Crippen molar-refractivity contribution in [2.75, 3.05) is 0 Å². The molecule has 0 saturated carbocycles. The maximum Gasteiger partial charge on any atom is 0.250 e. The second-order valence-electron chi connectivity index (χ2n) is 6.52. The van der Waals surface area contributed by atoms with Crippen LogP contribution in [0.4, 0.5) is 0 Å². The molecule has 1 heterocycles. The van der Waals surface area contributed by atoms with Gasteiger partial charge in [0, 0.05) is 22.9 Å². The van der Waals surface area contributed by atoms with E-state index in [4.69, 9.17) is 5.73 Å². The third-order valence-corrected chi connectivity index (χ3v) is 5.28. The number of carbonyl (C=O) groups is 1. The van der Waals surface area contributed by atoms with Gasteiger partial charge in [0.25, 0.3) is 5.91 Å². The van der Waals surface area contributed by atoms with Crippen LogP contribution in [0, 0.1) is 0 Å². The van der Waals surface area contributed by atoms with Gasteiger partial charge in [-0.3, -0.25) is 9.00 Å². The largest absolute Gasteiger partial charge is 0.772 e. The van der Waals surface area contributed by atoms with Crippen molar-refractivity contribution in [2.24, 2.45) is 5.73 Å². The van der Waals surface area contributed by atoms with E-state index in [0.717, 1.165) is 33.2 Å². The number of H-pyrrole nitrogens is 1. The zero-order chi connectivity index (χ0) is 19.7. The van der Waals surface area contributed by atoms with Gasteiger partial charge < -0.3 is 15.3 Å². The number of nitrogens with two attached hydrogens (primary N) is 1. The number of nitrogens with one attached hydrogen (secondary N) is 1. The summed E-state index contributed by atoms with van der Waals surface area (Å²) in [6, 6.07) is 21.0. The van der Waals surface area contributed by atoms with Crippen LogP contribution in [0.15, 0.2) is 72.9 Å². The van der Waals surface area contributed by atoms with Gasteiger partial charge in [0.05, 0.1) is 11.1 Å². The first-order valence-corrected chi connectivity index (χ1v) is 9.93. The Hall–Kier alpha value is -3.22. The van der Waals surface area contributed by atoms with Crippen molar-refractivity contribution in [2.45, 2.75) is 5.75 Å². The monoisotopic (exact) mass is 389 g/mol. The molecule has 1 amide bonds. The summed E-state index contributed by atoms with van der Waals surface area (Å²) in [6.07, 6.45) is 1.84. The average molecular weight is 389 g/mol. The zero-order valence-corrected chi connectivity index (χ0v) is 15.7. The second kappa shape index (κ2) is 7.42. The molecule has 0 fully saturated rings. The van der Waals surface area contributed by atoms with E-state index in [2.05, 4.69) is 4.98 Å². The fourth-order valence-corrected chi connectivity index (χ4v) is 3.84. The normalized spacial score (nSPS) is 12.2. The summed E-state index contributed by atoms with van der Waals surface area (Å²) in [5, 5.41) is 0.885. The zero-order valence-electron chi connectivity index (χ0n) is 14.8. The molecule has 0 radical (unpaired) electrons. The summed E-state index contributed by atoms with van der Waals surface area (Å²) in [4.78, 5) is 15.2. The van der Waals surface area contributed by atoms with Crippen molar-refractivity contribution >= 4 is 27.9 Å². The lowest BCUT2D eigenvalue weighted by atomic mass is 9.96. The van der Waals surface area contributed by atoms with Crippen molar-refractivity contribution in [3.63, 3.8) is 0 Å². The van der Waals surface area contributed by atoms with Crippen LogP contribution in [0.1, 0.15) is 15.9 Å². The Labute approximate surface area is 164 Å². The molecule has 0 aliphatic carbocycles. The minimum Gasteiger partial charge on any atom is -0.772 e. The molecule has 0 spiro atoms. The lowest BCUT2D eigenvalue weighted by Gasteiger charge is -2.08. The predicted molar refractivity (Wildman–Crippen MR) is 110 cm³/mol. The highest BCUT2D eigenvalue weighted by Gasteiger charge is 2.15. The van der Waals surface area contributed by atoms with E-state index >= 15 is 0 Å². The summed E-state index contributed by atoms with van der Waals surface area (Å²) in [5.41, 5.74) is 11.2. The van der Waals surface area contributed by atoms with Gasteiger partial charge in [-0.25, -0.2) is 0 Å². The number of hydrogen-bond donors (Lipinski definition) is 2. The number of hydrogen-bond acceptors (Lipinski definition) is 3. The highest BCUT2D eigenvalue weighted by Crippen LogP contribution is 2.34. The number of aromatic amines is 1. The van der Waals surface area contributed by atoms with Gasteiger partial charge in [0.2, 0.25) is 0 Å². The Bertz CT molecular complexity index is 1180. The number of aromatic nitrogens is 1. The molecule has 0 aliphatic rings. The molecule has 1 aromatic heterocycles. The average Bonchev–Trinajstić information content (AvgIpc) is 3.12. The molecular weight excluding hydrogens is 372 g/mol. The van der Waals surface area contributed by atoms with E-state index in [9.17, 15) is 13.6 Å². The number of amides is 1. The molecule has 4 aromatic rings. The van der Waals surface area contributed by atoms with Crippen molar-refractivity contribution in [3.8, 4) is 22.3 Å². The first-order chi connectivity index (χ1) is 13.5. The van der Waals surface area contributed by atoms with Crippen molar-refractivity contribution < 1.29 is 13.6 Å². The van der Waals surface area contributed by atoms with Crippen molar-refractivity contribution in [1.82, 2.24) is 4.98 Å². The van der Waals surface area contributed by atoms with Crippen LogP contribution in [0.2, 0.25) is 0 Å². The molecule has 0 bridgehead atoms. The number of primary amides is 1. The fraction of sp³-hybridized carbons (Fsp3) is 0.0455. The molecule has 1 atom stereocenters. The summed E-state index contributed by atoms with van der Waals surface area (Å²) >= 11 is -2.12. The van der Waals surface area contributed by atoms with Gasteiger partial charge >= 0.3 is 0 Å². The van der Waals surface area contributed by atoms with Crippen LogP contribution in [-0.2, 0) is 16.8 Å². The van der Waals surface area contributed by atoms with Crippen LogP contribution in [-0.4, -0.2) is 19.7 Å². The van der Waals surface area contributed by atoms with Crippen LogP contribution < -0.4 is 5.73 Å². The first-order valence-electron chi connectivity index (χ1n) is 8.68. The molecule has 4 rings (SSSR count). The minimum atomic E-state index is -2.12. The molecule has 3 N–H and O–H groups in total. The van der Waals surface area contributed by atoms with Crippen LogP contribution >= 0.6 is 0 Å². The molecule has 3 aromatic carbocycles. The lowest BCUT2D eigenvalue weighted by Crippen LogP contribution is -2.11. The molecule has 28 heavy (non-hydrogen) atoms. The second-order valence-corrected chi connectivity index (χ2v) is 7.42. The van der Waals surface area contributed by atoms with Gasteiger partial charge in [-0.15, -0.1) is 0 Å². The molecular formula is C22H17N2O3S-. The van der Waals surface area contributed by atoms with Crippen LogP contribution in [0.25, 0.3) is 33.2 Å². The van der Waals surface area contributed by atoms with Crippen molar-refractivity contribution in [1.29, 1.82) is 0 Å². The molecule has 1 unspecified atom stereocenters. The Kier molecular flexibility index (Phi) is 4.81. The topological polar surface area (TPSA) is 99.0 Å². The quantitative estimate of drug-likeness (QED) is 0.505. The molecule has 5 nitrogen and oxygen atoms in total. The van der Waals surface area contributed by atoms with Crippen LogP contribution in [0.3, 0.4) is 0 Å². The lowest BCUT2D eigenvalue weighted by molar-refractivity contribution is 0.100. The van der Waals surface area contributed by atoms with E-state index in [0.29, 0.717) is 11.1 Å². The smallest absolute Gasteiger partial charge is 0.250 e. The highest BCUT2D eigenvalue weighted by molar-refractivity contribution is 7.78. The van der Waals surface area contributed by atoms with E-state index in [1.54, 1.807) is 18.2 Å². The van der Waals surface area contributed by atoms with E-state index in [1.807, 2.05) is 54.7 Å². The number of carbonyl (C=O) groups excluding carboxylic acids is 1. The highest BCUT2D eigenvalue weighted by atomic mass is 32.2. The SMILES string of the molecule is NC(=O)c1cc(-c2ccccc2)cc2c(-c3ccc(CS(=O)[O-])cc3)c[nH]c12. The fourth-order valence-electron chi connectivity index (χ4n) is 3.38. The van der Waals surface area contributed by atoms with Gasteiger partial charge in [-0.1, -0.05) is 65.7 Å². The van der Waals surface area contributed by atoms with Crippen LogP contribution in [0.5, 0.6) is 0 Å². The Morgan fingerprint density at radius 3 is 2.32 bits per heavy atom. The van der Waals surface area contributed by atoms with Crippen molar-refractivity contribution in [3.05, 3.63) is 84.1 Å². The molecule has 0 saturated heterocycles. The molecule has 140 valence electrons. The molecule has 0 aliphatic heterocycles.